The van der Waals surface area contributed by atoms with Crippen molar-refractivity contribution < 1.29 is 25.9 Å². The van der Waals surface area contributed by atoms with Crippen LogP contribution in [0.15, 0.2) is 70.5 Å². The molecule has 0 aliphatic carbocycles. The Morgan fingerprint density at radius 1 is 0.272 bits per heavy atom. The first-order valence-electron chi connectivity index (χ1n) is 33.9. The minimum absolute atomic E-state index is 0. The molecule has 0 atom stereocenters. The maximum absolute atomic E-state index is 11.9. The molecule has 0 aliphatic rings. The molecule has 9 heteroatoms. The zero-order chi connectivity index (χ0) is 57.8. The van der Waals surface area contributed by atoms with Crippen molar-refractivity contribution in [3.8, 4) is 0 Å². The predicted octanol–water partition coefficient (Wildman–Crippen LogP) is 22.5. The number of hydrogen-bond donors (Lipinski definition) is 0. The maximum atomic E-state index is 11.9. The topological polar surface area (TPSA) is 114 Å². The van der Waals surface area contributed by atoms with E-state index in [1.165, 1.54) is 255 Å². The quantitative estimate of drug-likeness (QED) is 0.0247. The van der Waals surface area contributed by atoms with Crippen LogP contribution in [0.25, 0.3) is 21.5 Å². The monoisotopic (exact) mass is 1280 g/mol. The van der Waals surface area contributed by atoms with Gasteiger partial charge in [-0.2, -0.15) is 0 Å². The zero-order valence-corrected chi connectivity index (χ0v) is 58.8. The van der Waals surface area contributed by atoms with E-state index < -0.39 is 20.2 Å². The molecule has 0 amide bonds. The third kappa shape index (κ3) is 36.5. The third-order valence-electron chi connectivity index (χ3n) is 17.0. The molecule has 0 N–H and O–H groups in total. The fourth-order valence-electron chi connectivity index (χ4n) is 11.9. The van der Waals surface area contributed by atoms with Crippen molar-refractivity contribution >= 4 is 90.7 Å². The molecule has 0 aliphatic heterocycles. The summed E-state index contributed by atoms with van der Waals surface area (Å²) in [5.41, 5.74) is 4.49. The van der Waals surface area contributed by atoms with Crippen LogP contribution in [-0.4, -0.2) is 74.8 Å². The molecular weight excluding hydrogens is 1160 g/mol. The third-order valence-corrected chi connectivity index (χ3v) is 18.6. The minimum Gasteiger partial charge on any atom is -0.744 e. The zero-order valence-electron chi connectivity index (χ0n) is 52.7. The molecule has 4 rings (SSSR count). The molecule has 0 fully saturated rings. The van der Waals surface area contributed by atoms with Crippen LogP contribution < -0.4 is 0 Å². The summed E-state index contributed by atoms with van der Waals surface area (Å²) in [6, 6.07) is 19.4. The van der Waals surface area contributed by atoms with Gasteiger partial charge in [-0.25, -0.2) is 16.8 Å². The Labute approximate surface area is 540 Å². The molecule has 6 nitrogen and oxygen atoms in total. The van der Waals surface area contributed by atoms with E-state index in [4.69, 9.17) is 0 Å². The second kappa shape index (κ2) is 48.9. The molecule has 456 valence electrons. The van der Waals surface area contributed by atoms with Gasteiger partial charge in [-0.1, -0.05) is 321 Å². The summed E-state index contributed by atoms with van der Waals surface area (Å²) >= 11 is 0. The van der Waals surface area contributed by atoms with Gasteiger partial charge in [0.25, 0.3) is 0 Å². The molecule has 0 unspecified atom stereocenters. The first-order chi connectivity index (χ1) is 38.9. The Morgan fingerprint density at radius 2 is 0.481 bits per heavy atom. The van der Waals surface area contributed by atoms with E-state index >= 15 is 0 Å². The fraction of sp³-hybridized carbons (Fsp3) is 0.722. The molecule has 0 spiro atoms. The molecule has 0 saturated heterocycles. The Hall–Kier alpha value is -1.21. The Kier molecular flexibility index (Phi) is 45.8. The van der Waals surface area contributed by atoms with Crippen LogP contribution in [0.4, 0.5) is 0 Å². The summed E-state index contributed by atoms with van der Waals surface area (Å²) in [7, 11) is -8.95. The van der Waals surface area contributed by atoms with Crippen LogP contribution in [0.1, 0.15) is 332 Å². The summed E-state index contributed by atoms with van der Waals surface area (Å²) in [4.78, 5) is -0.158. The first-order valence-corrected chi connectivity index (χ1v) is 36.8. The molecule has 0 radical (unpaired) electrons. The average molecular weight is 1280 g/mol. The van der Waals surface area contributed by atoms with E-state index in [2.05, 4.69) is 64.1 Å². The van der Waals surface area contributed by atoms with Crippen LogP contribution >= 0.6 is 0 Å². The van der Waals surface area contributed by atoms with Gasteiger partial charge >= 0.3 is 48.9 Å². The standard InChI is InChI=1S/2C36H60O3S.Ba/c2*1-3-5-7-9-11-13-15-17-19-21-23-25-32-27-28-36-33(30-35(40(37,38)39)31-34(36)29-32)26-24-22-20-18-16-14-12-10-8-6-4-2;/h2*27-31H,3-26H2,1-2H3,(H,37,38,39);/q;;+2/p-2. The number of rotatable bonds is 50. The van der Waals surface area contributed by atoms with E-state index in [1.54, 1.807) is 24.3 Å². The second-order valence-corrected chi connectivity index (χ2v) is 27.1. The number of aryl methyl sites for hydroxylation is 4. The van der Waals surface area contributed by atoms with Crippen LogP contribution in [0.2, 0.25) is 0 Å². The largest absolute Gasteiger partial charge is 2.00 e. The summed E-state index contributed by atoms with van der Waals surface area (Å²) in [6.45, 7) is 9.06. The maximum Gasteiger partial charge on any atom is 2.00 e. The van der Waals surface area contributed by atoms with Crippen molar-refractivity contribution in [2.45, 2.75) is 346 Å². The number of benzene rings is 4. The van der Waals surface area contributed by atoms with Gasteiger partial charge in [-0.05, 0) is 119 Å². The van der Waals surface area contributed by atoms with Crippen molar-refractivity contribution in [2.24, 2.45) is 0 Å². The van der Waals surface area contributed by atoms with Crippen molar-refractivity contribution in [1.82, 2.24) is 0 Å². The van der Waals surface area contributed by atoms with Crippen molar-refractivity contribution in [3.63, 3.8) is 0 Å². The normalized spacial score (nSPS) is 11.8. The molecule has 81 heavy (non-hydrogen) atoms. The van der Waals surface area contributed by atoms with Crippen LogP contribution in [0, 0.1) is 0 Å². The van der Waals surface area contributed by atoms with Gasteiger partial charge in [-0.15, -0.1) is 0 Å². The molecule has 0 heterocycles. The van der Waals surface area contributed by atoms with Gasteiger partial charge in [0.05, 0.1) is 9.79 Å². The van der Waals surface area contributed by atoms with Gasteiger partial charge in [0.1, 0.15) is 20.2 Å². The number of fused-ring (bicyclic) bond motifs is 2. The predicted molar refractivity (Wildman–Crippen MR) is 350 cm³/mol. The van der Waals surface area contributed by atoms with Crippen LogP contribution in [-0.2, 0) is 45.9 Å². The summed E-state index contributed by atoms with van der Waals surface area (Å²) in [5.74, 6) is 0. The van der Waals surface area contributed by atoms with Gasteiger partial charge in [0, 0.05) is 0 Å². The first kappa shape index (κ1) is 75.9. The SMILES string of the molecule is CCCCCCCCCCCCCc1ccc2c(CCCCCCCCCCCCC)cc(S(=O)(=O)[O-])cc2c1.CCCCCCCCCCCCCc1ccc2c(CCCCCCCCCCCCC)cc(S(=O)(=O)[O-])cc2c1.[Ba+2]. The van der Waals surface area contributed by atoms with Crippen LogP contribution in [0.5, 0.6) is 0 Å². The second-order valence-electron chi connectivity index (χ2n) is 24.3. The van der Waals surface area contributed by atoms with Gasteiger partial charge < -0.3 is 9.11 Å². The van der Waals surface area contributed by atoms with Gasteiger partial charge in [0.2, 0.25) is 0 Å². The average Bonchev–Trinajstić information content (AvgIpc) is 3.46. The van der Waals surface area contributed by atoms with Crippen molar-refractivity contribution in [3.05, 3.63) is 82.9 Å². The van der Waals surface area contributed by atoms with Crippen molar-refractivity contribution in [1.29, 1.82) is 0 Å². The molecule has 4 aromatic rings. The number of hydrogen-bond acceptors (Lipinski definition) is 6. The molecule has 0 aromatic heterocycles. The van der Waals surface area contributed by atoms with Crippen molar-refractivity contribution in [2.75, 3.05) is 0 Å². The Bertz CT molecular complexity index is 2230. The van der Waals surface area contributed by atoms with Gasteiger partial charge in [0.15, 0.2) is 0 Å². The summed E-state index contributed by atoms with van der Waals surface area (Å²) in [5, 5.41) is 4.00. The van der Waals surface area contributed by atoms with E-state index in [-0.39, 0.29) is 58.7 Å². The molecule has 0 bridgehead atoms. The number of unbranched alkanes of at least 4 members (excludes halogenated alkanes) is 40. The van der Waals surface area contributed by atoms with E-state index in [0.717, 1.165) is 96.9 Å². The van der Waals surface area contributed by atoms with Gasteiger partial charge in [-0.3, -0.25) is 0 Å². The summed E-state index contributed by atoms with van der Waals surface area (Å²) < 4.78 is 71.4. The fourth-order valence-corrected chi connectivity index (χ4v) is 13.0. The minimum atomic E-state index is -4.47. The van der Waals surface area contributed by atoms with Crippen LogP contribution in [0.3, 0.4) is 0 Å². The van der Waals surface area contributed by atoms with E-state index in [0.29, 0.717) is 0 Å². The Morgan fingerprint density at radius 3 is 0.704 bits per heavy atom. The molecule has 4 aromatic carbocycles. The summed E-state index contributed by atoms with van der Waals surface area (Å²) in [6.07, 6.45) is 61.3. The Balaban J connectivity index is 0.000000547. The molecule has 0 saturated carbocycles. The smallest absolute Gasteiger partial charge is 0.744 e. The van der Waals surface area contributed by atoms with E-state index in [9.17, 15) is 25.9 Å². The molecular formula is C72H118BaO6S2. The van der Waals surface area contributed by atoms with E-state index in [1.807, 2.05) is 0 Å².